The number of Topliss-reactive ketones (excluding diaryl/α,β-unsaturated/α-hetero) is 2. The zero-order valence-corrected chi connectivity index (χ0v) is 17.7. The predicted octanol–water partition coefficient (Wildman–Crippen LogP) is 6.51. The van der Waals surface area contributed by atoms with Crippen LogP contribution in [0.1, 0.15) is 105 Å². The number of hydrogen-bond donors (Lipinski definition) is 2. The van der Waals surface area contributed by atoms with E-state index in [9.17, 15) is 19.8 Å². The van der Waals surface area contributed by atoms with E-state index in [1.807, 2.05) is 0 Å². The number of ketones is 2. The lowest BCUT2D eigenvalue weighted by atomic mass is 9.65. The third-order valence-electron chi connectivity index (χ3n) is 5.72. The molecule has 4 heteroatoms. The van der Waals surface area contributed by atoms with Crippen LogP contribution in [0.2, 0.25) is 0 Å². The van der Waals surface area contributed by atoms with E-state index < -0.39 is 11.2 Å². The summed E-state index contributed by atoms with van der Waals surface area (Å²) in [6.07, 6.45) is 10.0. The molecule has 0 unspecified atom stereocenters. The first-order chi connectivity index (χ1) is 12.9. The lowest BCUT2D eigenvalue weighted by molar-refractivity contribution is -0.128. The summed E-state index contributed by atoms with van der Waals surface area (Å²) in [7, 11) is 0. The second-order valence-electron chi connectivity index (χ2n) is 7.89. The molecule has 0 atom stereocenters. The molecule has 0 radical (unpaired) electrons. The minimum absolute atomic E-state index is 0.0262. The van der Waals surface area contributed by atoms with Crippen molar-refractivity contribution in [2.24, 2.45) is 5.41 Å². The van der Waals surface area contributed by atoms with Gasteiger partial charge in [0.1, 0.15) is 17.1 Å². The maximum absolute atomic E-state index is 13.3. The number of rotatable bonds is 13. The molecular formula is C23H38O4. The zero-order valence-electron chi connectivity index (χ0n) is 17.7. The normalized spacial score (nSPS) is 17.0. The number of unbranched alkanes of at least 4 members (excludes halogenated alkanes) is 6. The Labute approximate surface area is 164 Å². The third-order valence-corrected chi connectivity index (χ3v) is 5.72. The average Bonchev–Trinajstić information content (AvgIpc) is 2.62. The van der Waals surface area contributed by atoms with E-state index in [0.29, 0.717) is 24.8 Å². The minimum Gasteiger partial charge on any atom is -0.511 e. The van der Waals surface area contributed by atoms with Gasteiger partial charge < -0.3 is 10.2 Å². The first-order valence-electron chi connectivity index (χ1n) is 10.8. The van der Waals surface area contributed by atoms with Crippen LogP contribution in [0.25, 0.3) is 0 Å². The molecular weight excluding hydrogens is 340 g/mol. The number of aliphatic hydroxyl groups is 2. The molecule has 4 nitrogen and oxygen atoms in total. The summed E-state index contributed by atoms with van der Waals surface area (Å²) >= 11 is 0. The summed E-state index contributed by atoms with van der Waals surface area (Å²) in [6.45, 7) is 7.63. The largest absolute Gasteiger partial charge is 0.511 e. The van der Waals surface area contributed by atoms with Crippen LogP contribution in [0.5, 0.6) is 0 Å². The molecule has 0 heterocycles. The molecule has 1 aliphatic carbocycles. The van der Waals surface area contributed by atoms with Crippen LogP contribution in [0.15, 0.2) is 22.7 Å². The molecule has 1 rings (SSSR count). The first-order valence-corrected chi connectivity index (χ1v) is 10.8. The van der Waals surface area contributed by atoms with Crippen molar-refractivity contribution in [3.63, 3.8) is 0 Å². The molecule has 0 aromatic rings. The van der Waals surface area contributed by atoms with Crippen molar-refractivity contribution in [1.82, 2.24) is 0 Å². The van der Waals surface area contributed by atoms with Gasteiger partial charge in [0, 0.05) is 5.57 Å². The Morgan fingerprint density at radius 1 is 0.852 bits per heavy atom. The quantitative estimate of drug-likeness (QED) is 0.283. The van der Waals surface area contributed by atoms with E-state index in [1.54, 1.807) is 0 Å². The second kappa shape index (κ2) is 11.3. The van der Waals surface area contributed by atoms with Crippen LogP contribution < -0.4 is 0 Å². The topological polar surface area (TPSA) is 74.6 Å². The van der Waals surface area contributed by atoms with Crippen molar-refractivity contribution in [2.75, 3.05) is 0 Å². The number of carbonyl (C=O) groups excluding carboxylic acids is 2. The van der Waals surface area contributed by atoms with E-state index in [1.165, 1.54) is 6.92 Å². The highest BCUT2D eigenvalue weighted by Crippen LogP contribution is 2.47. The standard InChI is InChI=1S/C23H38O4/c1-5-8-11-14-18-20(25)19(17(4)24)22(27)23(21(18)26,15-12-9-6-2)16-13-10-7-3/h25-26H,5-16H2,1-4H3. The second-order valence-corrected chi connectivity index (χ2v) is 7.89. The van der Waals surface area contributed by atoms with Crippen LogP contribution in [0, 0.1) is 5.41 Å². The monoisotopic (exact) mass is 378 g/mol. The number of aliphatic hydroxyl groups excluding tert-OH is 2. The predicted molar refractivity (Wildman–Crippen MR) is 110 cm³/mol. The third kappa shape index (κ3) is 5.46. The highest BCUT2D eigenvalue weighted by Gasteiger charge is 2.49. The summed E-state index contributed by atoms with van der Waals surface area (Å²) < 4.78 is 0. The summed E-state index contributed by atoms with van der Waals surface area (Å²) in [5, 5.41) is 21.8. The molecule has 0 spiro atoms. The van der Waals surface area contributed by atoms with Gasteiger partial charge >= 0.3 is 0 Å². The van der Waals surface area contributed by atoms with Crippen LogP contribution in [-0.4, -0.2) is 21.8 Å². The molecule has 0 saturated carbocycles. The Bertz CT molecular complexity index is 573. The summed E-state index contributed by atoms with van der Waals surface area (Å²) in [5.41, 5.74) is -0.729. The molecule has 0 saturated heterocycles. The Kier molecular flexibility index (Phi) is 9.82. The fraction of sp³-hybridized carbons (Fsp3) is 0.739. The average molecular weight is 379 g/mol. The smallest absolute Gasteiger partial charge is 0.183 e. The molecule has 0 bridgehead atoms. The van der Waals surface area contributed by atoms with Crippen molar-refractivity contribution in [3.8, 4) is 0 Å². The molecule has 0 aliphatic heterocycles. The lowest BCUT2D eigenvalue weighted by Gasteiger charge is -2.37. The zero-order chi connectivity index (χ0) is 20.4. The van der Waals surface area contributed by atoms with Gasteiger partial charge in [-0.1, -0.05) is 72.1 Å². The molecule has 0 amide bonds. The van der Waals surface area contributed by atoms with Gasteiger partial charge in [0.2, 0.25) is 0 Å². The lowest BCUT2D eigenvalue weighted by Crippen LogP contribution is -2.40. The summed E-state index contributed by atoms with van der Waals surface area (Å²) in [6, 6.07) is 0. The fourth-order valence-electron chi connectivity index (χ4n) is 4.06. The fourth-order valence-corrected chi connectivity index (χ4v) is 4.06. The summed E-state index contributed by atoms with van der Waals surface area (Å²) in [5.74, 6) is -1.05. The molecule has 0 fully saturated rings. The summed E-state index contributed by atoms with van der Waals surface area (Å²) in [4.78, 5) is 25.5. The van der Waals surface area contributed by atoms with Crippen molar-refractivity contribution in [2.45, 2.75) is 105 Å². The van der Waals surface area contributed by atoms with Crippen LogP contribution in [-0.2, 0) is 9.59 Å². The minimum atomic E-state index is -1.04. The van der Waals surface area contributed by atoms with Gasteiger partial charge in [-0.25, -0.2) is 0 Å². The molecule has 154 valence electrons. The van der Waals surface area contributed by atoms with E-state index in [-0.39, 0.29) is 22.9 Å². The molecule has 27 heavy (non-hydrogen) atoms. The van der Waals surface area contributed by atoms with Gasteiger partial charge in [0.25, 0.3) is 0 Å². The SMILES string of the molecule is CCCCCC1=C(O)C(CCCCC)(CCCCC)C(=O)C(C(C)=O)=C1O. The maximum Gasteiger partial charge on any atom is 0.183 e. The Balaban J connectivity index is 3.40. The maximum atomic E-state index is 13.3. The van der Waals surface area contributed by atoms with Crippen molar-refractivity contribution in [3.05, 3.63) is 22.7 Å². The van der Waals surface area contributed by atoms with E-state index in [0.717, 1.165) is 57.8 Å². The Morgan fingerprint density at radius 2 is 1.33 bits per heavy atom. The number of allylic oxidation sites excluding steroid dienone is 3. The number of hydrogen-bond acceptors (Lipinski definition) is 4. The van der Waals surface area contributed by atoms with E-state index >= 15 is 0 Å². The van der Waals surface area contributed by atoms with Gasteiger partial charge in [0.15, 0.2) is 11.6 Å². The van der Waals surface area contributed by atoms with E-state index in [4.69, 9.17) is 0 Å². The highest BCUT2D eigenvalue weighted by molar-refractivity contribution is 6.23. The van der Waals surface area contributed by atoms with Crippen LogP contribution >= 0.6 is 0 Å². The van der Waals surface area contributed by atoms with Crippen molar-refractivity contribution >= 4 is 11.6 Å². The van der Waals surface area contributed by atoms with Gasteiger partial charge in [-0.2, -0.15) is 0 Å². The molecule has 2 N–H and O–H groups in total. The van der Waals surface area contributed by atoms with Crippen LogP contribution in [0.4, 0.5) is 0 Å². The highest BCUT2D eigenvalue weighted by atomic mass is 16.3. The molecule has 0 aromatic carbocycles. The van der Waals surface area contributed by atoms with Crippen molar-refractivity contribution < 1.29 is 19.8 Å². The van der Waals surface area contributed by atoms with Gasteiger partial charge in [0.05, 0.1) is 5.41 Å². The van der Waals surface area contributed by atoms with Gasteiger partial charge in [-0.05, 0) is 32.6 Å². The van der Waals surface area contributed by atoms with Gasteiger partial charge in [-0.3, -0.25) is 9.59 Å². The molecule has 0 aromatic heterocycles. The first kappa shape index (κ1) is 23.5. The Hall–Kier alpha value is -1.58. The van der Waals surface area contributed by atoms with E-state index in [2.05, 4.69) is 20.8 Å². The van der Waals surface area contributed by atoms with Gasteiger partial charge in [-0.15, -0.1) is 0 Å². The molecule has 1 aliphatic rings. The van der Waals surface area contributed by atoms with Crippen molar-refractivity contribution in [1.29, 1.82) is 0 Å². The van der Waals surface area contributed by atoms with Crippen LogP contribution in [0.3, 0.4) is 0 Å². The Morgan fingerprint density at radius 3 is 1.78 bits per heavy atom. The number of carbonyl (C=O) groups is 2.